The first kappa shape index (κ1) is 18.7. The lowest BCUT2D eigenvalue weighted by Gasteiger charge is -2.15. The maximum absolute atomic E-state index is 13.2. The number of anilines is 1. The number of nitrogens with one attached hydrogen (secondary N) is 2. The van der Waals surface area contributed by atoms with Crippen LogP contribution in [0.15, 0.2) is 42.5 Å². The van der Waals surface area contributed by atoms with Crippen LogP contribution in [-0.2, 0) is 16.0 Å². The van der Waals surface area contributed by atoms with Crippen LogP contribution in [0.1, 0.15) is 18.4 Å². The van der Waals surface area contributed by atoms with Crippen LogP contribution in [0.4, 0.5) is 10.1 Å². The molecule has 2 aromatic rings. The number of halogens is 3. The molecule has 1 fully saturated rings. The summed E-state index contributed by atoms with van der Waals surface area (Å²) in [6.45, 7) is 0.356. The van der Waals surface area contributed by atoms with Crippen LogP contribution in [0.2, 0.25) is 10.0 Å². The summed E-state index contributed by atoms with van der Waals surface area (Å²) >= 11 is 12.0. The van der Waals surface area contributed by atoms with Gasteiger partial charge in [-0.15, -0.1) is 0 Å². The highest BCUT2D eigenvalue weighted by molar-refractivity contribution is 6.35. The molecule has 3 rings (SSSR count). The molecule has 0 aromatic heterocycles. The average molecular weight is 395 g/mol. The lowest BCUT2D eigenvalue weighted by Crippen LogP contribution is -2.40. The molecule has 7 heteroatoms. The summed E-state index contributed by atoms with van der Waals surface area (Å²) in [5.41, 5.74) is 0.128. The van der Waals surface area contributed by atoms with Gasteiger partial charge in [0.15, 0.2) is 0 Å². The Balaban J connectivity index is 1.56. The highest BCUT2D eigenvalue weighted by Gasteiger charge is 2.56. The molecular weight excluding hydrogens is 378 g/mol. The van der Waals surface area contributed by atoms with E-state index in [1.807, 2.05) is 0 Å². The predicted octanol–water partition coefficient (Wildman–Crippen LogP) is 4.21. The van der Waals surface area contributed by atoms with Crippen molar-refractivity contribution in [2.24, 2.45) is 5.41 Å². The molecule has 0 unspecified atom stereocenters. The monoisotopic (exact) mass is 394 g/mol. The maximum atomic E-state index is 13.2. The van der Waals surface area contributed by atoms with E-state index in [2.05, 4.69) is 10.6 Å². The minimum Gasteiger partial charge on any atom is -0.355 e. The van der Waals surface area contributed by atoms with E-state index in [0.717, 1.165) is 5.56 Å². The van der Waals surface area contributed by atoms with Crippen LogP contribution in [0.25, 0.3) is 0 Å². The van der Waals surface area contributed by atoms with E-state index in [4.69, 9.17) is 23.2 Å². The molecular formula is C19H17Cl2FN2O2. The van der Waals surface area contributed by atoms with E-state index in [1.54, 1.807) is 24.3 Å². The molecule has 0 atom stereocenters. The van der Waals surface area contributed by atoms with Gasteiger partial charge in [-0.25, -0.2) is 4.39 Å². The minimum atomic E-state index is -1.07. The quantitative estimate of drug-likeness (QED) is 0.720. The molecule has 0 aliphatic heterocycles. The zero-order valence-electron chi connectivity index (χ0n) is 13.8. The van der Waals surface area contributed by atoms with Gasteiger partial charge in [-0.3, -0.25) is 9.59 Å². The molecule has 1 aliphatic rings. The van der Waals surface area contributed by atoms with Crippen molar-refractivity contribution in [1.82, 2.24) is 5.32 Å². The summed E-state index contributed by atoms with van der Waals surface area (Å²) in [5, 5.41) is 6.49. The second-order valence-electron chi connectivity index (χ2n) is 6.29. The highest BCUT2D eigenvalue weighted by atomic mass is 35.5. The van der Waals surface area contributed by atoms with Crippen molar-refractivity contribution >= 4 is 40.7 Å². The van der Waals surface area contributed by atoms with Crippen molar-refractivity contribution in [3.05, 3.63) is 63.9 Å². The molecule has 136 valence electrons. The van der Waals surface area contributed by atoms with E-state index < -0.39 is 17.1 Å². The van der Waals surface area contributed by atoms with E-state index in [0.29, 0.717) is 41.5 Å². The van der Waals surface area contributed by atoms with Crippen LogP contribution >= 0.6 is 23.2 Å². The lowest BCUT2D eigenvalue weighted by atomic mass is 10.0. The molecule has 2 N–H and O–H groups in total. The first-order valence-electron chi connectivity index (χ1n) is 8.20. The first-order chi connectivity index (χ1) is 12.4. The van der Waals surface area contributed by atoms with E-state index in [9.17, 15) is 14.0 Å². The Kier molecular flexibility index (Phi) is 5.49. The lowest BCUT2D eigenvalue weighted by molar-refractivity contribution is -0.134. The molecule has 4 nitrogen and oxygen atoms in total. The standard InChI is InChI=1S/C19H17Cl2FN2O2/c20-13-5-4-12(16(21)10-13)6-9-23-17(25)19(7-8-19)18(26)24-15-3-1-2-14(22)11-15/h1-5,10-11H,6-9H2,(H,23,25)(H,24,26). The second-order valence-corrected chi connectivity index (χ2v) is 7.13. The van der Waals surface area contributed by atoms with Crippen molar-refractivity contribution in [1.29, 1.82) is 0 Å². The van der Waals surface area contributed by atoms with Gasteiger partial charge in [0.25, 0.3) is 0 Å². The number of hydrogen-bond acceptors (Lipinski definition) is 2. The fourth-order valence-corrected chi connectivity index (χ4v) is 3.21. The Bertz CT molecular complexity index is 853. The summed E-state index contributed by atoms with van der Waals surface area (Å²) in [6, 6.07) is 10.8. The van der Waals surface area contributed by atoms with Crippen LogP contribution in [0, 0.1) is 11.2 Å². The smallest absolute Gasteiger partial charge is 0.240 e. The number of carbonyl (C=O) groups excluding carboxylic acids is 2. The molecule has 1 aliphatic carbocycles. The van der Waals surface area contributed by atoms with Gasteiger partial charge in [0.2, 0.25) is 11.8 Å². The molecule has 0 bridgehead atoms. The van der Waals surface area contributed by atoms with Gasteiger partial charge >= 0.3 is 0 Å². The fourth-order valence-electron chi connectivity index (χ4n) is 2.70. The Morgan fingerprint density at radius 2 is 1.85 bits per heavy atom. The van der Waals surface area contributed by atoms with E-state index >= 15 is 0 Å². The molecule has 0 heterocycles. The van der Waals surface area contributed by atoms with Gasteiger partial charge < -0.3 is 10.6 Å². The fraction of sp³-hybridized carbons (Fsp3) is 0.263. The van der Waals surface area contributed by atoms with Crippen LogP contribution in [0.5, 0.6) is 0 Å². The van der Waals surface area contributed by atoms with Crippen LogP contribution in [0.3, 0.4) is 0 Å². The maximum Gasteiger partial charge on any atom is 0.240 e. The molecule has 0 saturated heterocycles. The highest BCUT2D eigenvalue weighted by Crippen LogP contribution is 2.46. The van der Waals surface area contributed by atoms with Crippen molar-refractivity contribution in [2.75, 3.05) is 11.9 Å². The first-order valence-corrected chi connectivity index (χ1v) is 8.95. The van der Waals surface area contributed by atoms with Crippen molar-refractivity contribution in [3.8, 4) is 0 Å². The van der Waals surface area contributed by atoms with Gasteiger partial charge in [-0.2, -0.15) is 0 Å². The summed E-state index contributed by atoms with van der Waals surface area (Å²) in [5.74, 6) is -1.18. The number of carbonyl (C=O) groups is 2. The van der Waals surface area contributed by atoms with Crippen molar-refractivity contribution in [2.45, 2.75) is 19.3 Å². The summed E-state index contributed by atoms with van der Waals surface area (Å²) in [4.78, 5) is 24.9. The third-order valence-corrected chi connectivity index (χ3v) is 4.98. The Morgan fingerprint density at radius 3 is 2.50 bits per heavy atom. The van der Waals surface area contributed by atoms with Crippen LogP contribution < -0.4 is 10.6 Å². The molecule has 0 spiro atoms. The van der Waals surface area contributed by atoms with Crippen molar-refractivity contribution < 1.29 is 14.0 Å². The number of hydrogen-bond donors (Lipinski definition) is 2. The van der Waals surface area contributed by atoms with Crippen molar-refractivity contribution in [3.63, 3.8) is 0 Å². The zero-order valence-corrected chi connectivity index (χ0v) is 15.3. The Morgan fingerprint density at radius 1 is 1.08 bits per heavy atom. The second kappa shape index (κ2) is 7.64. The molecule has 26 heavy (non-hydrogen) atoms. The third kappa shape index (κ3) is 4.17. The van der Waals surface area contributed by atoms with Gasteiger partial charge in [-0.05, 0) is 55.2 Å². The van der Waals surface area contributed by atoms with E-state index in [-0.39, 0.29) is 5.91 Å². The Labute approximate surface area is 160 Å². The van der Waals surface area contributed by atoms with Gasteiger partial charge in [0, 0.05) is 22.3 Å². The summed E-state index contributed by atoms with van der Waals surface area (Å²) < 4.78 is 13.2. The molecule has 1 saturated carbocycles. The number of rotatable bonds is 6. The van der Waals surface area contributed by atoms with Gasteiger partial charge in [0.05, 0.1) is 0 Å². The zero-order chi connectivity index (χ0) is 18.7. The summed E-state index contributed by atoms with van der Waals surface area (Å²) in [7, 11) is 0. The molecule has 0 radical (unpaired) electrons. The predicted molar refractivity (Wildman–Crippen MR) is 99.9 cm³/mol. The van der Waals surface area contributed by atoms with Crippen LogP contribution in [-0.4, -0.2) is 18.4 Å². The average Bonchev–Trinajstić information content (AvgIpc) is 3.39. The normalized spacial score (nSPS) is 14.6. The summed E-state index contributed by atoms with van der Waals surface area (Å²) in [6.07, 6.45) is 1.48. The third-order valence-electron chi connectivity index (χ3n) is 4.40. The largest absolute Gasteiger partial charge is 0.355 e. The number of benzene rings is 2. The van der Waals surface area contributed by atoms with E-state index in [1.165, 1.54) is 18.2 Å². The topological polar surface area (TPSA) is 58.2 Å². The SMILES string of the molecule is O=C(NCCc1ccc(Cl)cc1Cl)C1(C(=O)Nc2cccc(F)c2)CC1. The van der Waals surface area contributed by atoms with Gasteiger partial charge in [0.1, 0.15) is 11.2 Å². The molecule has 2 amide bonds. The van der Waals surface area contributed by atoms with Gasteiger partial charge in [-0.1, -0.05) is 35.3 Å². The number of amides is 2. The molecule has 2 aromatic carbocycles. The minimum absolute atomic E-state index is 0.323. The Hall–Kier alpha value is -2.11.